The lowest BCUT2D eigenvalue weighted by Crippen LogP contribution is -2.15. The smallest absolute Gasteiger partial charge is 0.340 e. The van der Waals surface area contributed by atoms with Crippen LogP contribution in [0.3, 0.4) is 0 Å². The average Bonchev–Trinajstić information content (AvgIpc) is 2.91. The van der Waals surface area contributed by atoms with Gasteiger partial charge in [0.2, 0.25) is 5.91 Å². The van der Waals surface area contributed by atoms with Crippen LogP contribution >= 0.6 is 11.6 Å². The zero-order valence-corrected chi connectivity index (χ0v) is 16.8. The Kier molecular flexibility index (Phi) is 7.19. The highest BCUT2D eigenvalue weighted by Gasteiger charge is 2.23. The number of aromatic nitrogens is 1. The van der Waals surface area contributed by atoms with Gasteiger partial charge in [-0.2, -0.15) is 0 Å². The summed E-state index contributed by atoms with van der Waals surface area (Å²) in [5, 5.41) is 5.56. The number of aryl methyl sites for hydroxylation is 1. The molecule has 3 N–H and O–H groups in total. The molecule has 0 spiro atoms. The van der Waals surface area contributed by atoms with E-state index in [1.54, 1.807) is 26.0 Å². The molecular formula is C19H22ClN3O5. The molecule has 0 atom stereocenters. The first kappa shape index (κ1) is 21.5. The Balaban J connectivity index is 2.18. The zero-order valence-electron chi connectivity index (χ0n) is 16.1. The zero-order chi connectivity index (χ0) is 20.8. The number of carbonyl (C=O) groups is 3. The molecule has 2 amide bonds. The molecule has 0 radical (unpaired) electrons. The number of anilines is 2. The van der Waals surface area contributed by atoms with Crippen molar-refractivity contribution in [2.24, 2.45) is 0 Å². The Labute approximate surface area is 167 Å². The first-order chi connectivity index (χ1) is 13.2. The fraction of sp³-hybridized carbons (Fsp3) is 0.316. The highest BCUT2D eigenvalue weighted by Crippen LogP contribution is 2.27. The normalized spacial score (nSPS) is 10.5. The van der Waals surface area contributed by atoms with Crippen molar-refractivity contribution in [3.8, 4) is 0 Å². The summed E-state index contributed by atoms with van der Waals surface area (Å²) in [6.07, 6.45) is 0. The van der Waals surface area contributed by atoms with E-state index in [4.69, 9.17) is 21.1 Å². The lowest BCUT2D eigenvalue weighted by Gasteiger charge is -2.09. The predicted molar refractivity (Wildman–Crippen MR) is 106 cm³/mol. The summed E-state index contributed by atoms with van der Waals surface area (Å²) >= 11 is 6.18. The van der Waals surface area contributed by atoms with E-state index in [2.05, 4.69) is 15.6 Å². The van der Waals surface area contributed by atoms with E-state index in [0.29, 0.717) is 28.2 Å². The average molecular weight is 408 g/mol. The first-order valence-electron chi connectivity index (χ1n) is 8.48. The highest BCUT2D eigenvalue weighted by molar-refractivity contribution is 6.34. The van der Waals surface area contributed by atoms with Gasteiger partial charge in [-0.1, -0.05) is 11.6 Å². The molecule has 0 aliphatic heterocycles. The van der Waals surface area contributed by atoms with Gasteiger partial charge in [0, 0.05) is 25.4 Å². The minimum Gasteiger partial charge on any atom is -0.460 e. The van der Waals surface area contributed by atoms with Gasteiger partial charge in [-0.15, -0.1) is 0 Å². The fourth-order valence-corrected chi connectivity index (χ4v) is 2.88. The van der Waals surface area contributed by atoms with Gasteiger partial charge in [0.05, 0.1) is 22.9 Å². The summed E-state index contributed by atoms with van der Waals surface area (Å²) in [5.41, 5.74) is 2.44. The van der Waals surface area contributed by atoms with Crippen LogP contribution in [-0.2, 0) is 14.3 Å². The van der Waals surface area contributed by atoms with Crippen LogP contribution in [0.25, 0.3) is 0 Å². The van der Waals surface area contributed by atoms with Crippen molar-refractivity contribution in [1.82, 2.24) is 4.98 Å². The van der Waals surface area contributed by atoms with Gasteiger partial charge in [-0.25, -0.2) is 4.79 Å². The molecule has 1 aromatic carbocycles. The number of hydrogen-bond donors (Lipinski definition) is 3. The Bertz CT molecular complexity index is 907. The van der Waals surface area contributed by atoms with Crippen molar-refractivity contribution < 1.29 is 23.9 Å². The van der Waals surface area contributed by atoms with E-state index in [1.165, 1.54) is 20.1 Å². The van der Waals surface area contributed by atoms with Gasteiger partial charge >= 0.3 is 5.97 Å². The van der Waals surface area contributed by atoms with Gasteiger partial charge in [-0.3, -0.25) is 9.59 Å². The topological polar surface area (TPSA) is 110 Å². The van der Waals surface area contributed by atoms with Crippen molar-refractivity contribution in [1.29, 1.82) is 0 Å². The van der Waals surface area contributed by atoms with Crippen molar-refractivity contribution in [2.75, 3.05) is 31.0 Å². The number of carbonyl (C=O) groups excluding carboxylic acids is 3. The summed E-state index contributed by atoms with van der Waals surface area (Å²) in [5.74, 6) is -1.21. The van der Waals surface area contributed by atoms with Gasteiger partial charge < -0.3 is 25.1 Å². The molecule has 1 heterocycles. The van der Waals surface area contributed by atoms with Crippen molar-refractivity contribution in [3.63, 3.8) is 0 Å². The number of halogens is 1. The number of nitrogens with one attached hydrogen (secondary N) is 3. The number of ether oxygens (including phenoxy) is 2. The second-order valence-corrected chi connectivity index (χ2v) is 6.49. The van der Waals surface area contributed by atoms with Gasteiger partial charge in [0.15, 0.2) is 0 Å². The maximum absolute atomic E-state index is 12.7. The Morgan fingerprint density at radius 1 is 1.14 bits per heavy atom. The number of esters is 1. The molecule has 28 heavy (non-hydrogen) atoms. The summed E-state index contributed by atoms with van der Waals surface area (Å²) < 4.78 is 9.99. The SMILES string of the molecule is COCCOC(=O)c1c(C)[nH]c(C(=O)Nc2ccc(NC(C)=O)cc2Cl)c1C. The molecule has 0 saturated carbocycles. The van der Waals surface area contributed by atoms with E-state index in [1.807, 2.05) is 0 Å². The molecule has 1 aromatic heterocycles. The van der Waals surface area contributed by atoms with E-state index >= 15 is 0 Å². The molecule has 0 bridgehead atoms. The van der Waals surface area contributed by atoms with Crippen LogP contribution in [0.1, 0.15) is 39.0 Å². The largest absolute Gasteiger partial charge is 0.460 e. The number of rotatable bonds is 7. The molecule has 2 aromatic rings. The second-order valence-electron chi connectivity index (χ2n) is 6.08. The standard InChI is InChI=1S/C19H22ClN3O5/c1-10-16(19(26)28-8-7-27-4)11(2)21-17(10)18(25)23-15-6-5-13(9-14(15)20)22-12(3)24/h5-6,9,21H,7-8H2,1-4H3,(H,22,24)(H,23,25). The quantitative estimate of drug-likeness (QED) is 0.482. The molecule has 9 heteroatoms. The monoisotopic (exact) mass is 407 g/mol. The van der Waals surface area contributed by atoms with E-state index < -0.39 is 11.9 Å². The van der Waals surface area contributed by atoms with Crippen LogP contribution in [-0.4, -0.2) is 43.1 Å². The summed E-state index contributed by atoms with van der Waals surface area (Å²) in [4.78, 5) is 38.9. The summed E-state index contributed by atoms with van der Waals surface area (Å²) in [6, 6.07) is 4.73. The molecule has 0 saturated heterocycles. The maximum atomic E-state index is 12.7. The molecule has 0 unspecified atom stereocenters. The van der Waals surface area contributed by atoms with Crippen molar-refractivity contribution in [2.45, 2.75) is 20.8 Å². The van der Waals surface area contributed by atoms with Gasteiger partial charge in [0.1, 0.15) is 12.3 Å². The number of amides is 2. The Hall–Kier alpha value is -2.84. The first-order valence-corrected chi connectivity index (χ1v) is 8.86. The maximum Gasteiger partial charge on any atom is 0.340 e. The van der Waals surface area contributed by atoms with Crippen molar-refractivity contribution >= 4 is 40.8 Å². The van der Waals surface area contributed by atoms with E-state index in [0.717, 1.165) is 0 Å². The van der Waals surface area contributed by atoms with Crippen molar-refractivity contribution in [3.05, 3.63) is 45.7 Å². The Morgan fingerprint density at radius 2 is 1.86 bits per heavy atom. The third kappa shape index (κ3) is 5.11. The molecule has 0 aliphatic carbocycles. The van der Waals surface area contributed by atoms with Crippen LogP contribution in [0, 0.1) is 13.8 Å². The minimum atomic E-state index is -0.528. The van der Waals surface area contributed by atoms with Gasteiger partial charge in [-0.05, 0) is 37.6 Å². The fourth-order valence-electron chi connectivity index (χ4n) is 2.66. The molecular weight excluding hydrogens is 386 g/mol. The summed E-state index contributed by atoms with van der Waals surface area (Å²) in [7, 11) is 1.51. The molecule has 0 fully saturated rings. The van der Waals surface area contributed by atoms with Crippen LogP contribution in [0.2, 0.25) is 5.02 Å². The van der Waals surface area contributed by atoms with E-state index in [-0.39, 0.29) is 29.8 Å². The lowest BCUT2D eigenvalue weighted by molar-refractivity contribution is -0.114. The lowest BCUT2D eigenvalue weighted by atomic mass is 10.1. The third-order valence-corrected chi connectivity index (χ3v) is 4.24. The number of hydrogen-bond acceptors (Lipinski definition) is 5. The van der Waals surface area contributed by atoms with Crippen LogP contribution in [0.4, 0.5) is 11.4 Å². The summed E-state index contributed by atoms with van der Waals surface area (Å²) in [6.45, 7) is 5.14. The third-order valence-electron chi connectivity index (χ3n) is 3.93. The highest BCUT2D eigenvalue weighted by atomic mass is 35.5. The molecule has 0 aliphatic rings. The van der Waals surface area contributed by atoms with Crippen LogP contribution in [0.15, 0.2) is 18.2 Å². The molecule has 2 rings (SSSR count). The Morgan fingerprint density at radius 3 is 2.46 bits per heavy atom. The number of methoxy groups -OCH3 is 1. The second kappa shape index (κ2) is 9.38. The molecule has 150 valence electrons. The number of H-pyrrole nitrogens is 1. The van der Waals surface area contributed by atoms with Gasteiger partial charge in [0.25, 0.3) is 5.91 Å². The van der Waals surface area contributed by atoms with Crippen LogP contribution < -0.4 is 10.6 Å². The minimum absolute atomic E-state index is 0.122. The van der Waals surface area contributed by atoms with E-state index in [9.17, 15) is 14.4 Å². The van der Waals surface area contributed by atoms with Crippen LogP contribution in [0.5, 0.6) is 0 Å². The predicted octanol–water partition coefficient (Wildman–Crippen LogP) is 3.30. The number of benzene rings is 1. The number of aromatic amines is 1. The molecule has 8 nitrogen and oxygen atoms in total.